The van der Waals surface area contributed by atoms with Crippen LogP contribution in [0, 0.1) is 0 Å². The molecule has 1 atom stereocenters. The van der Waals surface area contributed by atoms with E-state index < -0.39 is 0 Å². The lowest BCUT2D eigenvalue weighted by atomic mass is 10.3. The average molecular weight is 272 g/mol. The van der Waals surface area contributed by atoms with Crippen LogP contribution in [0.25, 0.3) is 0 Å². The van der Waals surface area contributed by atoms with Crippen LogP contribution in [0.3, 0.4) is 0 Å². The zero-order chi connectivity index (χ0) is 13.9. The summed E-state index contributed by atoms with van der Waals surface area (Å²) in [7, 11) is 0. The lowest BCUT2D eigenvalue weighted by Gasteiger charge is -2.15. The van der Waals surface area contributed by atoms with Crippen molar-refractivity contribution >= 4 is 17.7 Å². The Morgan fingerprint density at radius 1 is 1.40 bits per heavy atom. The maximum Gasteiger partial charge on any atom is 0.225 e. The summed E-state index contributed by atoms with van der Waals surface area (Å²) in [4.78, 5) is 21.7. The fourth-order valence-corrected chi connectivity index (χ4v) is 2.38. The molecule has 7 nitrogen and oxygen atoms in total. The highest BCUT2D eigenvalue weighted by Gasteiger charge is 2.26. The Balaban J connectivity index is 1.68. The molecule has 0 aromatic carbocycles. The van der Waals surface area contributed by atoms with Gasteiger partial charge >= 0.3 is 0 Å². The Kier molecular flexibility index (Phi) is 3.32. The SMILES string of the molecule is CC(=O)Nc1ccn([C@H]2CCN(c3ncccn3)C2)n1. The van der Waals surface area contributed by atoms with Crippen molar-refractivity contribution in [1.29, 1.82) is 0 Å². The van der Waals surface area contributed by atoms with Crippen LogP contribution in [-0.4, -0.2) is 38.7 Å². The molecule has 2 aromatic rings. The second-order valence-electron chi connectivity index (χ2n) is 4.80. The van der Waals surface area contributed by atoms with E-state index in [0.717, 1.165) is 25.5 Å². The van der Waals surface area contributed by atoms with Gasteiger partial charge in [-0.3, -0.25) is 9.48 Å². The number of carbonyl (C=O) groups excluding carboxylic acids is 1. The van der Waals surface area contributed by atoms with E-state index in [1.165, 1.54) is 6.92 Å². The van der Waals surface area contributed by atoms with E-state index in [4.69, 9.17) is 0 Å². The molecule has 0 aliphatic carbocycles. The molecule has 1 fully saturated rings. The van der Waals surface area contributed by atoms with Crippen molar-refractivity contribution in [3.05, 3.63) is 30.7 Å². The first-order valence-corrected chi connectivity index (χ1v) is 6.57. The average Bonchev–Trinajstić information content (AvgIpc) is 3.07. The van der Waals surface area contributed by atoms with Crippen LogP contribution in [0.5, 0.6) is 0 Å². The number of aromatic nitrogens is 4. The van der Waals surface area contributed by atoms with Crippen molar-refractivity contribution in [2.75, 3.05) is 23.3 Å². The van der Waals surface area contributed by atoms with E-state index in [9.17, 15) is 4.79 Å². The van der Waals surface area contributed by atoms with Gasteiger partial charge in [-0.25, -0.2) is 9.97 Å². The number of nitrogens with zero attached hydrogens (tertiary/aromatic N) is 5. The third kappa shape index (κ3) is 2.61. The summed E-state index contributed by atoms with van der Waals surface area (Å²) in [6.45, 7) is 3.21. The maximum atomic E-state index is 11.0. The molecular formula is C13H16N6O. The van der Waals surface area contributed by atoms with Gasteiger partial charge in [-0.15, -0.1) is 0 Å². The first kappa shape index (κ1) is 12.6. The molecule has 0 unspecified atom stereocenters. The Morgan fingerprint density at radius 2 is 2.20 bits per heavy atom. The summed E-state index contributed by atoms with van der Waals surface area (Å²) in [5.41, 5.74) is 0. The highest BCUT2D eigenvalue weighted by molar-refractivity contribution is 5.87. The molecule has 0 bridgehead atoms. The molecule has 1 N–H and O–H groups in total. The van der Waals surface area contributed by atoms with Gasteiger partial charge in [-0.05, 0) is 12.5 Å². The van der Waals surface area contributed by atoms with Crippen LogP contribution in [0.2, 0.25) is 0 Å². The first-order valence-electron chi connectivity index (χ1n) is 6.57. The van der Waals surface area contributed by atoms with Gasteiger partial charge in [0.1, 0.15) is 0 Å². The molecule has 20 heavy (non-hydrogen) atoms. The van der Waals surface area contributed by atoms with Gasteiger partial charge in [0, 0.05) is 44.7 Å². The Hall–Kier alpha value is -2.44. The minimum absolute atomic E-state index is 0.110. The second kappa shape index (κ2) is 5.28. The minimum atomic E-state index is -0.110. The molecule has 0 saturated carbocycles. The Bertz CT molecular complexity index is 596. The molecule has 3 heterocycles. The van der Waals surface area contributed by atoms with Crippen LogP contribution in [0.15, 0.2) is 30.7 Å². The number of amides is 1. The maximum absolute atomic E-state index is 11.0. The quantitative estimate of drug-likeness (QED) is 0.905. The molecule has 0 spiro atoms. The molecule has 3 rings (SSSR count). The smallest absolute Gasteiger partial charge is 0.225 e. The van der Waals surface area contributed by atoms with Gasteiger partial charge in [0.25, 0.3) is 0 Å². The topological polar surface area (TPSA) is 75.9 Å². The summed E-state index contributed by atoms with van der Waals surface area (Å²) >= 11 is 0. The van der Waals surface area contributed by atoms with Gasteiger partial charge in [0.2, 0.25) is 11.9 Å². The third-order valence-corrected chi connectivity index (χ3v) is 3.28. The number of carbonyl (C=O) groups is 1. The molecular weight excluding hydrogens is 256 g/mol. The summed E-state index contributed by atoms with van der Waals surface area (Å²) in [5.74, 6) is 1.23. The zero-order valence-electron chi connectivity index (χ0n) is 11.2. The number of anilines is 2. The summed E-state index contributed by atoms with van der Waals surface area (Å²) in [5, 5.41) is 7.06. The normalized spacial score (nSPS) is 18.2. The highest BCUT2D eigenvalue weighted by Crippen LogP contribution is 2.24. The van der Waals surface area contributed by atoms with Crippen LogP contribution in [0.4, 0.5) is 11.8 Å². The van der Waals surface area contributed by atoms with E-state index >= 15 is 0 Å². The molecule has 1 aliphatic heterocycles. The van der Waals surface area contributed by atoms with Crippen LogP contribution in [0.1, 0.15) is 19.4 Å². The summed E-state index contributed by atoms with van der Waals surface area (Å²) in [6.07, 6.45) is 6.38. The molecule has 1 aliphatic rings. The molecule has 0 radical (unpaired) electrons. The van der Waals surface area contributed by atoms with Crippen molar-refractivity contribution in [1.82, 2.24) is 19.7 Å². The van der Waals surface area contributed by atoms with E-state index in [1.807, 2.05) is 23.0 Å². The van der Waals surface area contributed by atoms with Crippen molar-refractivity contribution in [3.63, 3.8) is 0 Å². The van der Waals surface area contributed by atoms with Crippen molar-refractivity contribution < 1.29 is 4.79 Å². The first-order chi connectivity index (χ1) is 9.72. The van der Waals surface area contributed by atoms with Crippen LogP contribution in [-0.2, 0) is 4.79 Å². The van der Waals surface area contributed by atoms with Gasteiger partial charge in [0.05, 0.1) is 6.04 Å². The van der Waals surface area contributed by atoms with E-state index in [0.29, 0.717) is 5.82 Å². The lowest BCUT2D eigenvalue weighted by molar-refractivity contribution is -0.114. The zero-order valence-corrected chi connectivity index (χ0v) is 11.2. The largest absolute Gasteiger partial charge is 0.339 e. The second-order valence-corrected chi connectivity index (χ2v) is 4.80. The third-order valence-electron chi connectivity index (χ3n) is 3.28. The fraction of sp³-hybridized carbons (Fsp3) is 0.385. The molecule has 2 aromatic heterocycles. The standard InChI is InChI=1S/C13H16N6O/c1-10(20)16-12-4-8-19(17-12)11-3-7-18(9-11)13-14-5-2-6-15-13/h2,4-6,8,11H,3,7,9H2,1H3,(H,16,17,20)/t11-/m0/s1. The number of rotatable bonds is 3. The van der Waals surface area contributed by atoms with Gasteiger partial charge in [-0.2, -0.15) is 5.10 Å². The van der Waals surface area contributed by atoms with Crippen LogP contribution >= 0.6 is 0 Å². The van der Waals surface area contributed by atoms with Crippen LogP contribution < -0.4 is 10.2 Å². The Labute approximate surface area is 116 Å². The number of hydrogen-bond acceptors (Lipinski definition) is 5. The molecule has 1 saturated heterocycles. The molecule has 7 heteroatoms. The summed E-state index contributed by atoms with van der Waals surface area (Å²) in [6, 6.07) is 3.90. The van der Waals surface area contributed by atoms with E-state index in [-0.39, 0.29) is 11.9 Å². The number of nitrogens with one attached hydrogen (secondary N) is 1. The molecule has 1 amide bonds. The number of hydrogen-bond donors (Lipinski definition) is 1. The highest BCUT2D eigenvalue weighted by atomic mass is 16.1. The van der Waals surface area contributed by atoms with E-state index in [2.05, 4.69) is 25.3 Å². The van der Waals surface area contributed by atoms with Gasteiger partial charge in [-0.1, -0.05) is 0 Å². The van der Waals surface area contributed by atoms with Gasteiger partial charge < -0.3 is 10.2 Å². The molecule has 104 valence electrons. The monoisotopic (exact) mass is 272 g/mol. The van der Waals surface area contributed by atoms with Crippen molar-refractivity contribution in [2.45, 2.75) is 19.4 Å². The van der Waals surface area contributed by atoms with Crippen molar-refractivity contribution in [2.24, 2.45) is 0 Å². The predicted molar refractivity (Wildman–Crippen MR) is 74.4 cm³/mol. The minimum Gasteiger partial charge on any atom is -0.339 e. The summed E-state index contributed by atoms with van der Waals surface area (Å²) < 4.78 is 1.90. The predicted octanol–water partition coefficient (Wildman–Crippen LogP) is 1.08. The lowest BCUT2D eigenvalue weighted by Crippen LogP contribution is -2.23. The van der Waals surface area contributed by atoms with Crippen molar-refractivity contribution in [3.8, 4) is 0 Å². The Morgan fingerprint density at radius 3 is 2.95 bits per heavy atom. The van der Waals surface area contributed by atoms with Gasteiger partial charge in [0.15, 0.2) is 5.82 Å². The fourth-order valence-electron chi connectivity index (χ4n) is 2.38. The van der Waals surface area contributed by atoms with E-state index in [1.54, 1.807) is 12.4 Å².